The highest BCUT2D eigenvalue weighted by atomic mass is 32.1. The Labute approximate surface area is 182 Å². The molecule has 3 aromatic rings. The molecule has 5 nitrogen and oxygen atoms in total. The largest absolute Gasteiger partial charge is 0.429 e. The summed E-state index contributed by atoms with van der Waals surface area (Å²) in [6.07, 6.45) is 2.54. The Balaban J connectivity index is 1.40. The lowest BCUT2D eigenvalue weighted by atomic mass is 10.2. The third-order valence-corrected chi connectivity index (χ3v) is 6.98. The Morgan fingerprint density at radius 1 is 1.27 bits per heavy atom. The quantitative estimate of drug-likeness (QED) is 0.308. The number of nitrogens with one attached hydrogen (secondary N) is 3. The maximum Gasteiger partial charge on any atom is 0.195 e. The summed E-state index contributed by atoms with van der Waals surface area (Å²) in [5.41, 5.74) is 1.95. The number of aryl methyl sites for hydroxylation is 1. The zero-order chi connectivity index (χ0) is 21.5. The fraction of sp³-hybridized carbons (Fsp3) is 0.318. The van der Waals surface area contributed by atoms with Crippen molar-refractivity contribution in [2.45, 2.75) is 45.1 Å². The lowest BCUT2D eigenvalue weighted by Crippen LogP contribution is -2.28. The molecular weight excluding hydrogens is 419 g/mol. The van der Waals surface area contributed by atoms with E-state index in [0.29, 0.717) is 16.2 Å². The van der Waals surface area contributed by atoms with Crippen LogP contribution in [0.2, 0.25) is 0 Å². The van der Waals surface area contributed by atoms with Crippen molar-refractivity contribution in [2.75, 3.05) is 0 Å². The zero-order valence-corrected chi connectivity index (χ0v) is 18.5. The Hall–Kier alpha value is -2.58. The molecular formula is C22H23FN4OS2. The van der Waals surface area contributed by atoms with Crippen molar-refractivity contribution in [3.05, 3.63) is 52.2 Å². The van der Waals surface area contributed by atoms with Gasteiger partial charge in [-0.1, -0.05) is 6.58 Å². The van der Waals surface area contributed by atoms with Crippen LogP contribution in [0.25, 0.3) is 20.7 Å². The number of fused-ring (bicyclic) bond motifs is 1. The van der Waals surface area contributed by atoms with Crippen LogP contribution < -0.4 is 5.32 Å². The molecule has 0 amide bonds. The Morgan fingerprint density at radius 3 is 2.70 bits per heavy atom. The van der Waals surface area contributed by atoms with Gasteiger partial charge in [0.2, 0.25) is 0 Å². The second-order valence-corrected chi connectivity index (χ2v) is 10.3. The fourth-order valence-corrected chi connectivity index (χ4v) is 5.05. The monoisotopic (exact) mass is 442 g/mol. The van der Waals surface area contributed by atoms with Crippen LogP contribution >= 0.6 is 22.7 Å². The van der Waals surface area contributed by atoms with E-state index < -0.39 is 0 Å². The molecule has 2 aromatic heterocycles. The van der Waals surface area contributed by atoms with Crippen LogP contribution in [0.4, 0.5) is 4.39 Å². The number of ether oxygens (including phenoxy) is 1. The number of hydrogen-bond acceptors (Lipinski definition) is 7. The Bertz CT molecular complexity index is 1160. The van der Waals surface area contributed by atoms with Crippen LogP contribution in [-0.2, 0) is 11.2 Å². The molecule has 1 aliphatic rings. The lowest BCUT2D eigenvalue weighted by molar-refractivity contribution is 0.501. The molecule has 1 fully saturated rings. The highest BCUT2D eigenvalue weighted by molar-refractivity contribution is 7.18. The van der Waals surface area contributed by atoms with Gasteiger partial charge in [-0.25, -0.2) is 9.37 Å². The molecule has 156 valence electrons. The smallest absolute Gasteiger partial charge is 0.195 e. The van der Waals surface area contributed by atoms with Gasteiger partial charge in [0.1, 0.15) is 10.5 Å². The Kier molecular flexibility index (Phi) is 5.46. The number of aromatic nitrogens is 1. The van der Waals surface area contributed by atoms with Gasteiger partial charge in [-0.3, -0.25) is 10.8 Å². The van der Waals surface area contributed by atoms with Crippen molar-refractivity contribution < 1.29 is 9.13 Å². The maximum atomic E-state index is 14.6. The lowest BCUT2D eigenvalue weighted by Gasteiger charge is -2.16. The molecule has 0 radical (unpaired) electrons. The molecule has 0 unspecified atom stereocenters. The summed E-state index contributed by atoms with van der Waals surface area (Å²) < 4.78 is 20.7. The molecule has 3 N–H and O–H groups in total. The second-order valence-electron chi connectivity index (χ2n) is 7.91. The van der Waals surface area contributed by atoms with Crippen molar-refractivity contribution in [2.24, 2.45) is 0 Å². The summed E-state index contributed by atoms with van der Waals surface area (Å²) in [6.45, 7) is 8.07. The first kappa shape index (κ1) is 20.7. The van der Waals surface area contributed by atoms with Gasteiger partial charge in [-0.15, -0.1) is 22.7 Å². The minimum atomic E-state index is -0.368. The first-order chi connectivity index (χ1) is 14.2. The molecule has 0 spiro atoms. The van der Waals surface area contributed by atoms with E-state index in [0.717, 1.165) is 28.0 Å². The van der Waals surface area contributed by atoms with E-state index in [1.165, 1.54) is 22.3 Å². The number of thiazole rings is 1. The topological polar surface area (TPSA) is 81.8 Å². The number of benzene rings is 1. The minimum absolute atomic E-state index is 0.0376. The molecule has 4 rings (SSSR count). The summed E-state index contributed by atoms with van der Waals surface area (Å²) in [4.78, 5) is 6.53. The SMILES string of the molecule is C=C(CC(=N)OC(=N)Cc1nc2c(F)cc(-c3ccc(C)s3)cc2s1)NC1(C)CC1. The van der Waals surface area contributed by atoms with Crippen molar-refractivity contribution in [3.8, 4) is 10.4 Å². The summed E-state index contributed by atoms with van der Waals surface area (Å²) in [5, 5.41) is 19.9. The van der Waals surface area contributed by atoms with Crippen LogP contribution in [0, 0.1) is 23.6 Å². The molecule has 1 aliphatic carbocycles. The predicted octanol–water partition coefficient (Wildman–Crippen LogP) is 6.03. The van der Waals surface area contributed by atoms with E-state index in [1.54, 1.807) is 11.3 Å². The molecule has 0 atom stereocenters. The standard InChI is InChI=1S/C22H23FN4OS2/c1-12(27-22(3)6-7-22)8-18(24)28-19(25)11-20-26-21-15(23)9-14(10-17(21)30-20)16-5-4-13(2)29-16/h4-5,9-10,24-25,27H,1,6-8,11H2,2-3H3. The molecule has 0 saturated heterocycles. The number of hydrogen-bond donors (Lipinski definition) is 3. The number of thiophene rings is 1. The molecule has 8 heteroatoms. The van der Waals surface area contributed by atoms with E-state index in [-0.39, 0.29) is 36.0 Å². The zero-order valence-electron chi connectivity index (χ0n) is 16.9. The second kappa shape index (κ2) is 7.92. The predicted molar refractivity (Wildman–Crippen MR) is 122 cm³/mol. The summed E-state index contributed by atoms with van der Waals surface area (Å²) in [6, 6.07) is 7.45. The van der Waals surface area contributed by atoms with Crippen LogP contribution in [-0.4, -0.2) is 22.3 Å². The number of nitrogens with zero attached hydrogens (tertiary/aromatic N) is 1. The molecule has 30 heavy (non-hydrogen) atoms. The average molecular weight is 443 g/mol. The van der Waals surface area contributed by atoms with Crippen molar-refractivity contribution in [3.63, 3.8) is 0 Å². The first-order valence-electron chi connectivity index (χ1n) is 9.65. The van der Waals surface area contributed by atoms with E-state index in [9.17, 15) is 4.39 Å². The van der Waals surface area contributed by atoms with E-state index in [1.807, 2.05) is 25.1 Å². The van der Waals surface area contributed by atoms with Crippen molar-refractivity contribution >= 4 is 44.7 Å². The molecule has 1 aromatic carbocycles. The van der Waals surface area contributed by atoms with Gasteiger partial charge >= 0.3 is 0 Å². The maximum absolute atomic E-state index is 14.6. The molecule has 0 bridgehead atoms. The van der Waals surface area contributed by atoms with E-state index in [4.69, 9.17) is 15.6 Å². The first-order valence-corrected chi connectivity index (χ1v) is 11.3. The van der Waals surface area contributed by atoms with Gasteiger partial charge in [0.05, 0.1) is 17.5 Å². The molecule has 0 aliphatic heterocycles. The number of rotatable bonds is 7. The van der Waals surface area contributed by atoms with E-state index in [2.05, 4.69) is 23.8 Å². The van der Waals surface area contributed by atoms with E-state index >= 15 is 0 Å². The third-order valence-electron chi connectivity index (χ3n) is 4.93. The summed E-state index contributed by atoms with van der Waals surface area (Å²) in [5.74, 6) is -0.490. The van der Waals surface area contributed by atoms with Gasteiger partial charge in [0, 0.05) is 21.0 Å². The molecule has 2 heterocycles. The van der Waals surface area contributed by atoms with Gasteiger partial charge in [0.15, 0.2) is 17.6 Å². The van der Waals surface area contributed by atoms with Gasteiger partial charge in [-0.05, 0) is 56.5 Å². The Morgan fingerprint density at radius 2 is 2.03 bits per heavy atom. The van der Waals surface area contributed by atoms with Crippen molar-refractivity contribution in [1.29, 1.82) is 10.8 Å². The third kappa shape index (κ3) is 4.76. The highest BCUT2D eigenvalue weighted by Crippen LogP contribution is 2.36. The minimum Gasteiger partial charge on any atom is -0.429 e. The average Bonchev–Trinajstić information content (AvgIpc) is 3.02. The van der Waals surface area contributed by atoms with Crippen LogP contribution in [0.5, 0.6) is 0 Å². The van der Waals surface area contributed by atoms with Gasteiger partial charge < -0.3 is 10.1 Å². The summed E-state index contributed by atoms with van der Waals surface area (Å²) >= 11 is 2.97. The summed E-state index contributed by atoms with van der Waals surface area (Å²) in [7, 11) is 0. The van der Waals surface area contributed by atoms with Crippen LogP contribution in [0.1, 0.15) is 36.1 Å². The normalized spacial score (nSPS) is 14.5. The fourth-order valence-electron chi connectivity index (χ4n) is 3.18. The van der Waals surface area contributed by atoms with Gasteiger partial charge in [0.25, 0.3) is 0 Å². The van der Waals surface area contributed by atoms with Gasteiger partial charge in [-0.2, -0.15) is 0 Å². The van der Waals surface area contributed by atoms with Crippen molar-refractivity contribution in [1.82, 2.24) is 10.3 Å². The highest BCUT2D eigenvalue weighted by Gasteiger charge is 2.37. The van der Waals surface area contributed by atoms with Crippen LogP contribution in [0.15, 0.2) is 36.5 Å². The van der Waals surface area contributed by atoms with Crippen LogP contribution in [0.3, 0.4) is 0 Å². The number of halogens is 1. The molecule has 1 saturated carbocycles.